The summed E-state index contributed by atoms with van der Waals surface area (Å²) in [6.45, 7) is 3.53. The SMILES string of the molecule is CN(C)c1ccncc1CNC1CCN(Cc2ccccc2F)CC1. The highest BCUT2D eigenvalue weighted by Crippen LogP contribution is 2.19. The van der Waals surface area contributed by atoms with Gasteiger partial charge in [0.05, 0.1) is 0 Å². The summed E-state index contributed by atoms with van der Waals surface area (Å²) in [5.41, 5.74) is 3.22. The largest absolute Gasteiger partial charge is 0.377 e. The summed E-state index contributed by atoms with van der Waals surface area (Å²) in [4.78, 5) is 8.71. The number of rotatable bonds is 6. The molecule has 3 rings (SSSR count). The van der Waals surface area contributed by atoms with Gasteiger partial charge in [-0.25, -0.2) is 4.39 Å². The third kappa shape index (κ3) is 4.77. The number of nitrogens with one attached hydrogen (secondary N) is 1. The molecule has 0 amide bonds. The summed E-state index contributed by atoms with van der Waals surface area (Å²) in [6.07, 6.45) is 5.95. The van der Waals surface area contributed by atoms with Crippen LogP contribution in [0.25, 0.3) is 0 Å². The van der Waals surface area contributed by atoms with Gasteiger partial charge in [0, 0.05) is 62.4 Å². The smallest absolute Gasteiger partial charge is 0.127 e. The molecular weight excluding hydrogens is 315 g/mol. The maximum absolute atomic E-state index is 13.8. The first kappa shape index (κ1) is 17.8. The molecule has 1 fully saturated rings. The highest BCUT2D eigenvalue weighted by atomic mass is 19.1. The maximum atomic E-state index is 13.8. The molecule has 1 N–H and O–H groups in total. The van der Waals surface area contributed by atoms with Crippen molar-refractivity contribution in [3.05, 3.63) is 59.7 Å². The van der Waals surface area contributed by atoms with Crippen molar-refractivity contribution in [1.82, 2.24) is 15.2 Å². The van der Waals surface area contributed by atoms with Crippen LogP contribution in [0.3, 0.4) is 0 Å². The molecule has 1 aromatic carbocycles. The Morgan fingerprint density at radius 2 is 1.92 bits per heavy atom. The summed E-state index contributed by atoms with van der Waals surface area (Å²) >= 11 is 0. The highest BCUT2D eigenvalue weighted by molar-refractivity contribution is 5.50. The Morgan fingerprint density at radius 3 is 2.64 bits per heavy atom. The van der Waals surface area contributed by atoms with Crippen molar-refractivity contribution in [3.8, 4) is 0 Å². The minimum absolute atomic E-state index is 0.101. The van der Waals surface area contributed by atoms with Crippen LogP contribution in [0.15, 0.2) is 42.7 Å². The molecule has 1 aromatic heterocycles. The Morgan fingerprint density at radius 1 is 1.16 bits per heavy atom. The van der Waals surface area contributed by atoms with Gasteiger partial charge in [0.15, 0.2) is 0 Å². The van der Waals surface area contributed by atoms with E-state index < -0.39 is 0 Å². The molecule has 0 bridgehead atoms. The molecule has 0 unspecified atom stereocenters. The van der Waals surface area contributed by atoms with Crippen LogP contribution in [0.4, 0.5) is 10.1 Å². The number of aromatic nitrogens is 1. The zero-order valence-electron chi connectivity index (χ0n) is 15.1. The number of piperidine rings is 1. The summed E-state index contributed by atoms with van der Waals surface area (Å²) in [7, 11) is 4.11. The van der Waals surface area contributed by atoms with Crippen LogP contribution in [-0.2, 0) is 13.1 Å². The van der Waals surface area contributed by atoms with Gasteiger partial charge in [-0.3, -0.25) is 9.88 Å². The molecule has 0 atom stereocenters. The Bertz CT molecular complexity index is 681. The maximum Gasteiger partial charge on any atom is 0.127 e. The van der Waals surface area contributed by atoms with Crippen molar-refractivity contribution in [2.75, 3.05) is 32.1 Å². The van der Waals surface area contributed by atoms with Crippen LogP contribution in [0.1, 0.15) is 24.0 Å². The molecule has 1 aliphatic heterocycles. The lowest BCUT2D eigenvalue weighted by Crippen LogP contribution is -2.42. The first-order chi connectivity index (χ1) is 12.1. The Balaban J connectivity index is 1.48. The predicted molar refractivity (Wildman–Crippen MR) is 100 cm³/mol. The monoisotopic (exact) mass is 342 g/mol. The van der Waals surface area contributed by atoms with Gasteiger partial charge in [0.2, 0.25) is 0 Å². The topological polar surface area (TPSA) is 31.4 Å². The van der Waals surface area contributed by atoms with E-state index in [4.69, 9.17) is 0 Å². The van der Waals surface area contributed by atoms with E-state index in [1.165, 1.54) is 11.3 Å². The van der Waals surface area contributed by atoms with Gasteiger partial charge >= 0.3 is 0 Å². The third-order valence-electron chi connectivity index (χ3n) is 4.88. The van der Waals surface area contributed by atoms with Crippen molar-refractivity contribution in [3.63, 3.8) is 0 Å². The fraction of sp³-hybridized carbons (Fsp3) is 0.450. The number of benzene rings is 1. The molecular formula is C20H27FN4. The van der Waals surface area contributed by atoms with Gasteiger partial charge < -0.3 is 10.2 Å². The van der Waals surface area contributed by atoms with E-state index in [1.807, 2.05) is 30.6 Å². The molecule has 0 radical (unpaired) electrons. The average molecular weight is 342 g/mol. The molecule has 0 saturated carbocycles. The fourth-order valence-corrected chi connectivity index (χ4v) is 3.41. The van der Waals surface area contributed by atoms with E-state index in [9.17, 15) is 4.39 Å². The number of hydrogen-bond donors (Lipinski definition) is 1. The van der Waals surface area contributed by atoms with Gasteiger partial charge in [0.25, 0.3) is 0 Å². The second-order valence-corrected chi connectivity index (χ2v) is 6.92. The minimum atomic E-state index is -0.101. The zero-order valence-corrected chi connectivity index (χ0v) is 15.1. The molecule has 0 spiro atoms. The third-order valence-corrected chi connectivity index (χ3v) is 4.88. The molecule has 2 aromatic rings. The Hall–Kier alpha value is -1.98. The molecule has 1 saturated heterocycles. The molecule has 4 nitrogen and oxygen atoms in total. The van der Waals surface area contributed by atoms with Crippen LogP contribution in [-0.4, -0.2) is 43.1 Å². The number of pyridine rings is 1. The van der Waals surface area contributed by atoms with Crippen LogP contribution in [0, 0.1) is 5.82 Å². The van der Waals surface area contributed by atoms with E-state index >= 15 is 0 Å². The van der Waals surface area contributed by atoms with E-state index in [0.29, 0.717) is 12.6 Å². The number of anilines is 1. The standard InChI is InChI=1S/C20H27FN4/c1-24(2)20-7-10-22-13-17(20)14-23-18-8-11-25(12-9-18)15-16-5-3-4-6-19(16)21/h3-7,10,13,18,23H,8-9,11-12,14-15H2,1-2H3. The number of likely N-dealkylation sites (tertiary alicyclic amines) is 1. The lowest BCUT2D eigenvalue weighted by Gasteiger charge is -2.32. The van der Waals surface area contributed by atoms with E-state index in [-0.39, 0.29) is 5.82 Å². The van der Waals surface area contributed by atoms with Crippen LogP contribution in [0.5, 0.6) is 0 Å². The average Bonchev–Trinajstić information content (AvgIpc) is 2.63. The van der Waals surface area contributed by atoms with Crippen molar-refractivity contribution >= 4 is 5.69 Å². The van der Waals surface area contributed by atoms with Crippen molar-refractivity contribution in [2.24, 2.45) is 0 Å². The molecule has 5 heteroatoms. The van der Waals surface area contributed by atoms with Crippen LogP contribution < -0.4 is 10.2 Å². The van der Waals surface area contributed by atoms with Crippen molar-refractivity contribution < 1.29 is 4.39 Å². The van der Waals surface area contributed by atoms with Gasteiger partial charge in [-0.1, -0.05) is 18.2 Å². The number of halogens is 1. The summed E-state index contributed by atoms with van der Waals surface area (Å²) in [6, 6.07) is 9.63. The summed E-state index contributed by atoms with van der Waals surface area (Å²) in [5, 5.41) is 3.66. The minimum Gasteiger partial charge on any atom is -0.377 e. The molecule has 2 heterocycles. The predicted octanol–water partition coefficient (Wildman–Crippen LogP) is 3.04. The molecule has 1 aliphatic rings. The van der Waals surface area contributed by atoms with E-state index in [2.05, 4.69) is 34.2 Å². The van der Waals surface area contributed by atoms with Crippen molar-refractivity contribution in [2.45, 2.75) is 32.0 Å². The summed E-state index contributed by atoms with van der Waals surface area (Å²) in [5.74, 6) is -0.101. The molecule has 134 valence electrons. The van der Waals surface area contributed by atoms with Gasteiger partial charge in [-0.15, -0.1) is 0 Å². The van der Waals surface area contributed by atoms with Crippen LogP contribution >= 0.6 is 0 Å². The van der Waals surface area contributed by atoms with Crippen molar-refractivity contribution in [1.29, 1.82) is 0 Å². The zero-order chi connectivity index (χ0) is 17.6. The first-order valence-electron chi connectivity index (χ1n) is 8.93. The normalized spacial score (nSPS) is 16.1. The number of hydrogen-bond acceptors (Lipinski definition) is 4. The van der Waals surface area contributed by atoms with Crippen LogP contribution in [0.2, 0.25) is 0 Å². The van der Waals surface area contributed by atoms with Gasteiger partial charge in [-0.2, -0.15) is 0 Å². The van der Waals surface area contributed by atoms with E-state index in [0.717, 1.165) is 38.0 Å². The first-order valence-corrected chi connectivity index (χ1v) is 8.93. The van der Waals surface area contributed by atoms with Gasteiger partial charge in [-0.05, 0) is 38.1 Å². The second kappa shape index (κ2) is 8.41. The summed E-state index contributed by atoms with van der Waals surface area (Å²) < 4.78 is 13.8. The Kier molecular flexibility index (Phi) is 6.00. The highest BCUT2D eigenvalue weighted by Gasteiger charge is 2.20. The molecule has 25 heavy (non-hydrogen) atoms. The number of nitrogens with zero attached hydrogens (tertiary/aromatic N) is 3. The fourth-order valence-electron chi connectivity index (χ4n) is 3.41. The van der Waals surface area contributed by atoms with Gasteiger partial charge in [0.1, 0.15) is 5.82 Å². The lowest BCUT2D eigenvalue weighted by molar-refractivity contribution is 0.188. The Labute approximate surface area is 149 Å². The second-order valence-electron chi connectivity index (χ2n) is 6.92. The van der Waals surface area contributed by atoms with E-state index in [1.54, 1.807) is 12.1 Å². The lowest BCUT2D eigenvalue weighted by atomic mass is 10.0. The quantitative estimate of drug-likeness (QED) is 0.874. The molecule has 0 aliphatic carbocycles.